The lowest BCUT2D eigenvalue weighted by Crippen LogP contribution is -2.31. The molecule has 0 spiro atoms. The van der Waals surface area contributed by atoms with Gasteiger partial charge >= 0.3 is 0 Å². The predicted octanol–water partition coefficient (Wildman–Crippen LogP) is 1.91. The Morgan fingerprint density at radius 3 is 2.92 bits per heavy atom. The maximum Gasteiger partial charge on any atom is 0.267 e. The highest BCUT2D eigenvalue weighted by Gasteiger charge is 2.15. The van der Waals surface area contributed by atoms with Crippen molar-refractivity contribution in [1.82, 2.24) is 25.5 Å². The summed E-state index contributed by atoms with van der Waals surface area (Å²) in [4.78, 5) is 24.1. The van der Waals surface area contributed by atoms with Crippen LogP contribution in [0.1, 0.15) is 9.67 Å². The van der Waals surface area contributed by atoms with Crippen molar-refractivity contribution in [3.63, 3.8) is 0 Å². The Morgan fingerprint density at radius 2 is 2.17 bits per heavy atom. The number of nitrogens with one attached hydrogen (secondary N) is 1. The second-order valence-corrected chi connectivity index (χ2v) is 6.39. The van der Waals surface area contributed by atoms with Crippen LogP contribution in [0.3, 0.4) is 0 Å². The number of tetrazole rings is 1. The Bertz CT molecular complexity index is 866. The van der Waals surface area contributed by atoms with E-state index in [4.69, 9.17) is 0 Å². The highest BCUT2D eigenvalue weighted by Crippen LogP contribution is 2.18. The van der Waals surface area contributed by atoms with Crippen molar-refractivity contribution in [3.8, 4) is 5.69 Å². The van der Waals surface area contributed by atoms with Gasteiger partial charge in [0, 0.05) is 0 Å². The normalized spacial score (nSPS) is 10.5. The van der Waals surface area contributed by atoms with E-state index in [1.54, 1.807) is 23.6 Å². The van der Waals surface area contributed by atoms with Crippen LogP contribution in [0, 0.1) is 5.82 Å². The van der Waals surface area contributed by atoms with E-state index < -0.39 is 17.6 Å². The van der Waals surface area contributed by atoms with Gasteiger partial charge in [0.05, 0.1) is 16.3 Å². The van der Waals surface area contributed by atoms with Gasteiger partial charge < -0.3 is 0 Å². The Morgan fingerprint density at radius 1 is 1.29 bits per heavy atom. The van der Waals surface area contributed by atoms with Crippen LogP contribution in [0.25, 0.3) is 5.69 Å². The average Bonchev–Trinajstić information content (AvgIpc) is 3.24. The summed E-state index contributed by atoms with van der Waals surface area (Å²) in [6, 6.07) is 9.12. The van der Waals surface area contributed by atoms with Crippen LogP contribution < -0.4 is 5.32 Å². The Hall–Kier alpha value is -2.59. The van der Waals surface area contributed by atoms with Gasteiger partial charge in [-0.1, -0.05) is 23.9 Å². The van der Waals surface area contributed by atoms with Gasteiger partial charge in [-0.25, -0.2) is 4.39 Å². The number of hydrogen-bond donors (Lipinski definition) is 1. The second-order valence-electron chi connectivity index (χ2n) is 4.50. The quantitative estimate of drug-likeness (QED) is 0.697. The second kappa shape index (κ2) is 7.32. The van der Waals surface area contributed by atoms with Gasteiger partial charge in [0.25, 0.3) is 5.91 Å². The number of benzene rings is 1. The highest BCUT2D eigenvalue weighted by atomic mass is 32.2. The SMILES string of the molecule is O=C(CSc1nnnn1-c1cccc(F)c1)NC(=O)c1cccs1. The third-order valence-corrected chi connectivity index (χ3v) is 4.61. The van der Waals surface area contributed by atoms with Crippen molar-refractivity contribution < 1.29 is 14.0 Å². The van der Waals surface area contributed by atoms with Crippen LogP contribution in [0.15, 0.2) is 46.9 Å². The molecule has 1 aromatic carbocycles. The molecule has 0 aliphatic heterocycles. The molecule has 2 heterocycles. The Balaban J connectivity index is 1.62. The smallest absolute Gasteiger partial charge is 0.267 e. The van der Waals surface area contributed by atoms with Gasteiger partial charge in [-0.2, -0.15) is 4.68 Å². The standard InChI is InChI=1S/C14H10FN5O2S2/c15-9-3-1-4-10(7-9)20-14(17-18-19-20)24-8-12(21)16-13(22)11-5-2-6-23-11/h1-7H,8H2,(H,16,21,22). The van der Waals surface area contributed by atoms with Crippen LogP contribution in [0.5, 0.6) is 0 Å². The average molecular weight is 363 g/mol. The van der Waals surface area contributed by atoms with E-state index in [2.05, 4.69) is 20.8 Å². The number of aromatic nitrogens is 4. The molecule has 2 amide bonds. The van der Waals surface area contributed by atoms with Gasteiger partial charge in [0.1, 0.15) is 5.82 Å². The lowest BCUT2D eigenvalue weighted by atomic mass is 10.3. The largest absolute Gasteiger partial charge is 0.291 e. The minimum absolute atomic E-state index is 0.0488. The molecule has 10 heteroatoms. The first-order valence-electron chi connectivity index (χ1n) is 6.68. The summed E-state index contributed by atoms with van der Waals surface area (Å²) in [5.41, 5.74) is 0.442. The maximum absolute atomic E-state index is 13.3. The summed E-state index contributed by atoms with van der Waals surface area (Å²) in [6.45, 7) is 0. The molecule has 3 aromatic rings. The third kappa shape index (κ3) is 3.84. The van der Waals surface area contributed by atoms with E-state index >= 15 is 0 Å². The van der Waals surface area contributed by atoms with Crippen LogP contribution in [-0.2, 0) is 4.79 Å². The number of amides is 2. The number of nitrogens with zero attached hydrogens (tertiary/aromatic N) is 4. The minimum Gasteiger partial charge on any atom is -0.291 e. The van der Waals surface area contributed by atoms with E-state index in [9.17, 15) is 14.0 Å². The molecule has 0 radical (unpaired) electrons. The monoisotopic (exact) mass is 363 g/mol. The van der Waals surface area contributed by atoms with Crippen LogP contribution >= 0.6 is 23.1 Å². The van der Waals surface area contributed by atoms with Gasteiger partial charge in [-0.05, 0) is 40.1 Å². The highest BCUT2D eigenvalue weighted by molar-refractivity contribution is 7.99. The van der Waals surface area contributed by atoms with E-state index in [0.717, 1.165) is 11.8 Å². The fourth-order valence-corrected chi connectivity index (χ4v) is 3.11. The first-order chi connectivity index (χ1) is 11.6. The molecule has 24 heavy (non-hydrogen) atoms. The van der Waals surface area contributed by atoms with Crippen molar-refractivity contribution in [2.24, 2.45) is 0 Å². The fourth-order valence-electron chi connectivity index (χ4n) is 1.80. The zero-order valence-electron chi connectivity index (χ0n) is 12.0. The zero-order valence-corrected chi connectivity index (χ0v) is 13.7. The maximum atomic E-state index is 13.3. The Kier molecular flexibility index (Phi) is 4.96. The van der Waals surface area contributed by atoms with Crippen molar-refractivity contribution in [2.45, 2.75) is 5.16 Å². The number of imide groups is 1. The van der Waals surface area contributed by atoms with Gasteiger partial charge in [-0.3, -0.25) is 14.9 Å². The van der Waals surface area contributed by atoms with E-state index in [1.165, 1.54) is 34.2 Å². The lowest BCUT2D eigenvalue weighted by molar-refractivity contribution is -0.117. The molecule has 0 bridgehead atoms. The van der Waals surface area contributed by atoms with E-state index in [-0.39, 0.29) is 5.75 Å². The van der Waals surface area contributed by atoms with Crippen LogP contribution in [0.2, 0.25) is 0 Å². The summed E-state index contributed by atoms with van der Waals surface area (Å²) >= 11 is 2.29. The molecule has 7 nitrogen and oxygen atoms in total. The van der Waals surface area contributed by atoms with Crippen molar-refractivity contribution in [3.05, 3.63) is 52.5 Å². The molecule has 0 atom stereocenters. The molecule has 0 saturated carbocycles. The molecule has 0 saturated heterocycles. The molecular weight excluding hydrogens is 353 g/mol. The summed E-state index contributed by atoms with van der Waals surface area (Å²) in [5.74, 6) is -1.38. The first kappa shape index (κ1) is 16.3. The summed E-state index contributed by atoms with van der Waals surface area (Å²) < 4.78 is 14.6. The number of rotatable bonds is 5. The van der Waals surface area contributed by atoms with Crippen molar-refractivity contribution in [1.29, 1.82) is 0 Å². The number of carbonyl (C=O) groups is 2. The zero-order chi connectivity index (χ0) is 16.9. The summed E-state index contributed by atoms with van der Waals surface area (Å²) in [7, 11) is 0. The minimum atomic E-state index is -0.466. The topological polar surface area (TPSA) is 89.8 Å². The van der Waals surface area contributed by atoms with Gasteiger partial charge in [0.2, 0.25) is 11.1 Å². The molecule has 2 aromatic heterocycles. The van der Waals surface area contributed by atoms with Crippen LogP contribution in [0.4, 0.5) is 4.39 Å². The molecule has 0 fully saturated rings. The van der Waals surface area contributed by atoms with Gasteiger partial charge in [-0.15, -0.1) is 16.4 Å². The molecule has 0 aliphatic rings. The fraction of sp³-hybridized carbons (Fsp3) is 0.0714. The molecular formula is C14H10FN5O2S2. The van der Waals surface area contributed by atoms with E-state index in [1.807, 2.05) is 0 Å². The third-order valence-electron chi connectivity index (χ3n) is 2.82. The molecule has 0 unspecified atom stereocenters. The number of carbonyl (C=O) groups excluding carboxylic acids is 2. The number of hydrogen-bond acceptors (Lipinski definition) is 7. The molecule has 3 rings (SSSR count). The number of thioether (sulfide) groups is 1. The lowest BCUT2D eigenvalue weighted by Gasteiger charge is -2.04. The summed E-state index contributed by atoms with van der Waals surface area (Å²) in [5, 5.41) is 15.5. The van der Waals surface area contributed by atoms with Crippen molar-refractivity contribution in [2.75, 3.05) is 5.75 Å². The number of thiophene rings is 1. The molecule has 0 aliphatic carbocycles. The van der Waals surface area contributed by atoms with Crippen LogP contribution in [-0.4, -0.2) is 37.8 Å². The van der Waals surface area contributed by atoms with Crippen molar-refractivity contribution >= 4 is 34.9 Å². The molecule has 122 valence electrons. The first-order valence-corrected chi connectivity index (χ1v) is 8.55. The Labute approximate surface area is 143 Å². The summed E-state index contributed by atoms with van der Waals surface area (Å²) in [6.07, 6.45) is 0. The van der Waals surface area contributed by atoms with Gasteiger partial charge in [0.15, 0.2) is 0 Å². The predicted molar refractivity (Wildman–Crippen MR) is 86.6 cm³/mol. The number of halogens is 1. The van der Waals surface area contributed by atoms with E-state index in [0.29, 0.717) is 15.7 Å². The molecule has 1 N–H and O–H groups in total.